The molecule has 2 aromatic carbocycles. The van der Waals surface area contributed by atoms with E-state index in [9.17, 15) is 9.59 Å². The monoisotopic (exact) mass is 374 g/mol. The number of nitrogens with one attached hydrogen (secondary N) is 1. The van der Waals surface area contributed by atoms with Crippen LogP contribution in [-0.4, -0.2) is 33.7 Å². The number of esters is 1. The number of pyridine rings is 1. The molecule has 138 valence electrons. The Morgan fingerprint density at radius 1 is 0.929 bits per heavy atom. The highest BCUT2D eigenvalue weighted by Gasteiger charge is 2.15. The lowest BCUT2D eigenvalue weighted by molar-refractivity contribution is -0.119. The molecule has 0 bridgehead atoms. The predicted octanol–water partition coefficient (Wildman–Crippen LogP) is 3.08. The Morgan fingerprint density at radius 3 is 2.57 bits per heavy atom. The molecule has 0 fully saturated rings. The van der Waals surface area contributed by atoms with Crippen LogP contribution in [0.2, 0.25) is 0 Å². The maximum absolute atomic E-state index is 12.1. The van der Waals surface area contributed by atoms with Crippen molar-refractivity contribution in [3.8, 4) is 11.5 Å². The molecule has 0 aliphatic carbocycles. The van der Waals surface area contributed by atoms with Gasteiger partial charge in [-0.3, -0.25) is 10.1 Å². The molecule has 0 atom stereocenters. The SMILES string of the molecule is O=C(COC(=O)c1ccc2ccccc2n1)Nc1nnc(-c2ccccc2)o1. The number of benzene rings is 2. The van der Waals surface area contributed by atoms with Gasteiger partial charge in [0.25, 0.3) is 5.91 Å². The first-order valence-electron chi connectivity index (χ1n) is 8.41. The molecule has 0 unspecified atom stereocenters. The van der Waals surface area contributed by atoms with Gasteiger partial charge in [0.1, 0.15) is 5.69 Å². The van der Waals surface area contributed by atoms with Crippen LogP contribution in [0.1, 0.15) is 10.5 Å². The zero-order chi connectivity index (χ0) is 19.3. The number of ether oxygens (including phenoxy) is 1. The summed E-state index contributed by atoms with van der Waals surface area (Å²) in [5.41, 5.74) is 1.51. The smallest absolute Gasteiger partial charge is 0.357 e. The third-order valence-electron chi connectivity index (χ3n) is 3.83. The number of amides is 1. The van der Waals surface area contributed by atoms with Crippen molar-refractivity contribution >= 4 is 28.8 Å². The highest BCUT2D eigenvalue weighted by atomic mass is 16.5. The van der Waals surface area contributed by atoms with Gasteiger partial charge in [0.15, 0.2) is 6.61 Å². The normalized spacial score (nSPS) is 10.6. The molecule has 0 saturated heterocycles. The summed E-state index contributed by atoms with van der Waals surface area (Å²) in [6.45, 7) is -0.504. The van der Waals surface area contributed by atoms with E-state index in [4.69, 9.17) is 9.15 Å². The van der Waals surface area contributed by atoms with E-state index in [-0.39, 0.29) is 17.6 Å². The van der Waals surface area contributed by atoms with Crippen molar-refractivity contribution < 1.29 is 18.7 Å². The van der Waals surface area contributed by atoms with Gasteiger partial charge in [-0.15, -0.1) is 5.10 Å². The van der Waals surface area contributed by atoms with E-state index in [1.165, 1.54) is 0 Å². The van der Waals surface area contributed by atoms with Crippen LogP contribution in [-0.2, 0) is 9.53 Å². The van der Waals surface area contributed by atoms with E-state index in [1.807, 2.05) is 36.4 Å². The predicted molar refractivity (Wildman–Crippen MR) is 100 cm³/mol. The zero-order valence-electron chi connectivity index (χ0n) is 14.5. The second-order valence-electron chi connectivity index (χ2n) is 5.79. The van der Waals surface area contributed by atoms with Crippen molar-refractivity contribution in [1.82, 2.24) is 15.2 Å². The molecule has 2 heterocycles. The van der Waals surface area contributed by atoms with Crippen LogP contribution in [0.3, 0.4) is 0 Å². The summed E-state index contributed by atoms with van der Waals surface area (Å²) in [7, 11) is 0. The number of anilines is 1. The highest BCUT2D eigenvalue weighted by molar-refractivity contribution is 5.95. The summed E-state index contributed by atoms with van der Waals surface area (Å²) in [6.07, 6.45) is 0. The molecule has 0 radical (unpaired) electrons. The number of carbonyl (C=O) groups is 2. The Balaban J connectivity index is 1.35. The lowest BCUT2D eigenvalue weighted by atomic mass is 10.2. The molecular weight excluding hydrogens is 360 g/mol. The minimum atomic E-state index is -0.698. The fourth-order valence-electron chi connectivity index (χ4n) is 2.51. The molecule has 28 heavy (non-hydrogen) atoms. The lowest BCUT2D eigenvalue weighted by Crippen LogP contribution is -2.21. The van der Waals surface area contributed by atoms with E-state index in [1.54, 1.807) is 30.3 Å². The van der Waals surface area contributed by atoms with Crippen molar-refractivity contribution in [3.63, 3.8) is 0 Å². The number of para-hydroxylation sites is 1. The fraction of sp³-hybridized carbons (Fsp3) is 0.0500. The highest BCUT2D eigenvalue weighted by Crippen LogP contribution is 2.19. The van der Waals surface area contributed by atoms with Crippen LogP contribution < -0.4 is 5.32 Å². The lowest BCUT2D eigenvalue weighted by Gasteiger charge is -2.04. The first kappa shape index (κ1) is 17.3. The Kier molecular flexibility index (Phi) is 4.75. The van der Waals surface area contributed by atoms with Gasteiger partial charge in [-0.05, 0) is 24.3 Å². The van der Waals surface area contributed by atoms with E-state index in [0.717, 1.165) is 10.9 Å². The second-order valence-corrected chi connectivity index (χ2v) is 5.79. The van der Waals surface area contributed by atoms with Crippen LogP contribution >= 0.6 is 0 Å². The van der Waals surface area contributed by atoms with Gasteiger partial charge in [0.05, 0.1) is 5.52 Å². The number of hydrogen-bond acceptors (Lipinski definition) is 7. The molecule has 2 aromatic heterocycles. The molecule has 0 saturated carbocycles. The van der Waals surface area contributed by atoms with Crippen molar-refractivity contribution in [1.29, 1.82) is 0 Å². The van der Waals surface area contributed by atoms with Gasteiger partial charge < -0.3 is 9.15 Å². The summed E-state index contributed by atoms with van der Waals surface area (Å²) in [6, 6.07) is 19.8. The van der Waals surface area contributed by atoms with Gasteiger partial charge in [-0.1, -0.05) is 47.6 Å². The van der Waals surface area contributed by atoms with Gasteiger partial charge in [-0.25, -0.2) is 9.78 Å². The molecule has 4 rings (SSSR count). The van der Waals surface area contributed by atoms with Crippen LogP contribution in [0.15, 0.2) is 71.1 Å². The van der Waals surface area contributed by atoms with E-state index >= 15 is 0 Å². The molecule has 4 aromatic rings. The van der Waals surface area contributed by atoms with Crippen LogP contribution in [0.25, 0.3) is 22.4 Å². The van der Waals surface area contributed by atoms with Crippen molar-refractivity contribution in [3.05, 3.63) is 72.4 Å². The van der Waals surface area contributed by atoms with E-state index < -0.39 is 18.5 Å². The number of rotatable bonds is 5. The minimum Gasteiger partial charge on any atom is -0.451 e. The first-order valence-corrected chi connectivity index (χ1v) is 8.41. The third kappa shape index (κ3) is 3.85. The van der Waals surface area contributed by atoms with E-state index in [0.29, 0.717) is 5.52 Å². The minimum absolute atomic E-state index is 0.0799. The number of hydrogen-bond donors (Lipinski definition) is 1. The maximum Gasteiger partial charge on any atom is 0.357 e. The molecule has 0 aliphatic rings. The summed E-state index contributed by atoms with van der Waals surface area (Å²) in [4.78, 5) is 28.3. The molecule has 1 N–H and O–H groups in total. The number of fused-ring (bicyclic) bond motifs is 1. The molecule has 1 amide bonds. The number of aromatic nitrogens is 3. The molecule has 8 nitrogen and oxygen atoms in total. The number of carbonyl (C=O) groups excluding carboxylic acids is 2. The maximum atomic E-state index is 12.1. The first-order chi connectivity index (χ1) is 13.7. The average molecular weight is 374 g/mol. The summed E-state index contributed by atoms with van der Waals surface area (Å²) >= 11 is 0. The topological polar surface area (TPSA) is 107 Å². The van der Waals surface area contributed by atoms with Gasteiger partial charge in [0.2, 0.25) is 5.89 Å². The van der Waals surface area contributed by atoms with Crippen LogP contribution in [0, 0.1) is 0 Å². The number of nitrogens with zero attached hydrogens (tertiary/aromatic N) is 3. The van der Waals surface area contributed by atoms with Gasteiger partial charge in [-0.2, -0.15) is 0 Å². The average Bonchev–Trinajstić information content (AvgIpc) is 3.20. The Labute approximate surface area is 159 Å². The van der Waals surface area contributed by atoms with Crippen molar-refractivity contribution in [2.24, 2.45) is 0 Å². The molecule has 8 heteroatoms. The second kappa shape index (κ2) is 7.67. The van der Waals surface area contributed by atoms with Crippen LogP contribution in [0.4, 0.5) is 6.01 Å². The zero-order valence-corrected chi connectivity index (χ0v) is 14.5. The summed E-state index contributed by atoms with van der Waals surface area (Å²) in [5, 5.41) is 10.9. The van der Waals surface area contributed by atoms with Gasteiger partial charge >= 0.3 is 12.0 Å². The Hall–Kier alpha value is -4.07. The van der Waals surface area contributed by atoms with Crippen LogP contribution in [0.5, 0.6) is 0 Å². The van der Waals surface area contributed by atoms with Gasteiger partial charge in [0, 0.05) is 10.9 Å². The molecule has 0 spiro atoms. The third-order valence-corrected chi connectivity index (χ3v) is 3.83. The summed E-state index contributed by atoms with van der Waals surface area (Å²) in [5.74, 6) is -1.03. The van der Waals surface area contributed by atoms with Crippen molar-refractivity contribution in [2.75, 3.05) is 11.9 Å². The Morgan fingerprint density at radius 2 is 1.71 bits per heavy atom. The fourth-order valence-corrected chi connectivity index (χ4v) is 2.51. The largest absolute Gasteiger partial charge is 0.451 e. The molecular formula is C20H14N4O4. The van der Waals surface area contributed by atoms with E-state index in [2.05, 4.69) is 20.5 Å². The van der Waals surface area contributed by atoms with Crippen molar-refractivity contribution in [2.45, 2.75) is 0 Å². The quantitative estimate of drug-likeness (QED) is 0.535. The molecule has 0 aliphatic heterocycles. The Bertz CT molecular complexity index is 1140. The summed E-state index contributed by atoms with van der Waals surface area (Å²) < 4.78 is 10.4. The standard InChI is InChI=1S/C20H14N4O4/c25-17(22-20-24-23-18(28-20)14-7-2-1-3-8-14)12-27-19(26)16-11-10-13-6-4-5-9-15(13)21-16/h1-11H,12H2,(H,22,24,25).